The van der Waals surface area contributed by atoms with Crippen LogP contribution in [0.1, 0.15) is 11.6 Å². The van der Waals surface area contributed by atoms with Crippen LogP contribution in [0.4, 0.5) is 0 Å². The summed E-state index contributed by atoms with van der Waals surface area (Å²) in [7, 11) is 1.72. The summed E-state index contributed by atoms with van der Waals surface area (Å²) >= 11 is 0. The molecule has 1 heterocycles. The number of aromatic nitrogens is 1. The van der Waals surface area contributed by atoms with Gasteiger partial charge in [0.05, 0.1) is 11.6 Å². The van der Waals surface area contributed by atoms with Crippen molar-refractivity contribution in [3.8, 4) is 0 Å². The number of rotatable bonds is 4. The number of carboxylic acids is 1. The van der Waals surface area contributed by atoms with E-state index in [0.29, 0.717) is 11.1 Å². The van der Waals surface area contributed by atoms with Crippen molar-refractivity contribution in [2.24, 2.45) is 0 Å². The Morgan fingerprint density at radius 1 is 1.56 bits per heavy atom. The Balaban J connectivity index is 2.38. The van der Waals surface area contributed by atoms with Crippen molar-refractivity contribution in [2.75, 3.05) is 7.05 Å². The fraction of sp³-hybridized carbons (Fsp3) is 0.167. The number of aliphatic carboxylic acids is 1. The average molecular weight is 248 g/mol. The van der Waals surface area contributed by atoms with Crippen molar-refractivity contribution in [2.45, 2.75) is 6.04 Å². The van der Waals surface area contributed by atoms with E-state index in [0.717, 1.165) is 11.6 Å². The summed E-state index contributed by atoms with van der Waals surface area (Å²) in [6, 6.07) is 4.95. The monoisotopic (exact) mass is 248 g/mol. The summed E-state index contributed by atoms with van der Waals surface area (Å²) in [4.78, 5) is 24.1. The Bertz CT molecular complexity index is 653. The van der Waals surface area contributed by atoms with Gasteiger partial charge in [-0.15, -0.1) is 0 Å². The Kier molecular flexibility index (Phi) is 3.29. The zero-order chi connectivity index (χ0) is 13.1. The van der Waals surface area contributed by atoms with E-state index in [1.807, 2.05) is 0 Å². The van der Waals surface area contributed by atoms with E-state index in [4.69, 9.17) is 9.52 Å². The van der Waals surface area contributed by atoms with E-state index < -0.39 is 11.7 Å². The van der Waals surface area contributed by atoms with Gasteiger partial charge in [0.25, 0.3) is 0 Å². The number of H-pyrrole nitrogens is 1. The van der Waals surface area contributed by atoms with Crippen molar-refractivity contribution < 1.29 is 14.3 Å². The Morgan fingerprint density at radius 2 is 2.33 bits per heavy atom. The van der Waals surface area contributed by atoms with Gasteiger partial charge in [-0.1, -0.05) is 12.1 Å². The van der Waals surface area contributed by atoms with E-state index in [2.05, 4.69) is 10.3 Å². The van der Waals surface area contributed by atoms with Gasteiger partial charge < -0.3 is 14.8 Å². The van der Waals surface area contributed by atoms with Crippen molar-refractivity contribution in [3.63, 3.8) is 0 Å². The molecule has 6 heteroatoms. The molecule has 2 aromatic rings. The second-order valence-electron chi connectivity index (χ2n) is 3.73. The molecule has 0 radical (unpaired) electrons. The van der Waals surface area contributed by atoms with Gasteiger partial charge in [0, 0.05) is 6.08 Å². The minimum absolute atomic E-state index is 0.259. The molecule has 0 spiro atoms. The Hall–Kier alpha value is -2.34. The van der Waals surface area contributed by atoms with Gasteiger partial charge in [-0.2, -0.15) is 0 Å². The zero-order valence-corrected chi connectivity index (χ0v) is 9.64. The third-order valence-corrected chi connectivity index (χ3v) is 2.55. The molecule has 94 valence electrons. The third-order valence-electron chi connectivity index (χ3n) is 2.55. The van der Waals surface area contributed by atoms with Crippen molar-refractivity contribution >= 4 is 17.1 Å². The highest BCUT2D eigenvalue weighted by atomic mass is 16.4. The number of aromatic amines is 1. The molecule has 0 aliphatic rings. The van der Waals surface area contributed by atoms with Crippen LogP contribution in [0.3, 0.4) is 0 Å². The largest absolute Gasteiger partial charge is 0.478 e. The van der Waals surface area contributed by atoms with Gasteiger partial charge in [0.2, 0.25) is 0 Å². The smallest absolute Gasteiger partial charge is 0.417 e. The van der Waals surface area contributed by atoms with Gasteiger partial charge in [-0.25, -0.2) is 9.59 Å². The van der Waals surface area contributed by atoms with E-state index in [9.17, 15) is 9.59 Å². The van der Waals surface area contributed by atoms with Crippen LogP contribution in [-0.2, 0) is 4.79 Å². The second kappa shape index (κ2) is 4.89. The van der Waals surface area contributed by atoms with Crippen molar-refractivity contribution in [1.29, 1.82) is 0 Å². The van der Waals surface area contributed by atoms with Crippen LogP contribution in [-0.4, -0.2) is 23.1 Å². The standard InChI is InChI=1S/C12H12N2O4/c1-13-8(4-5-11(15)16)7-2-3-9-10(6-7)18-12(17)14-9/h2-6,8,13H,1H3,(H,14,17)(H,15,16)/b5-4+. The normalized spacial score (nSPS) is 13.2. The molecule has 6 nitrogen and oxygen atoms in total. The summed E-state index contributed by atoms with van der Waals surface area (Å²) in [6.07, 6.45) is 2.59. The molecule has 3 N–H and O–H groups in total. The molecule has 1 aromatic carbocycles. The Morgan fingerprint density at radius 3 is 3.00 bits per heavy atom. The second-order valence-corrected chi connectivity index (χ2v) is 3.73. The fourth-order valence-electron chi connectivity index (χ4n) is 1.71. The number of nitrogens with one attached hydrogen (secondary N) is 2. The predicted octanol–water partition coefficient (Wildman–Crippen LogP) is 1.02. The number of carboxylic acid groups (broad SMARTS) is 1. The molecule has 0 saturated heterocycles. The highest BCUT2D eigenvalue weighted by Crippen LogP contribution is 2.19. The van der Waals surface area contributed by atoms with Gasteiger partial charge >= 0.3 is 11.7 Å². The van der Waals surface area contributed by atoms with E-state index >= 15 is 0 Å². The SMILES string of the molecule is CNC(/C=C/C(=O)O)c1ccc2[nH]c(=O)oc2c1. The van der Waals surface area contributed by atoms with Crippen LogP contribution in [0.15, 0.2) is 39.6 Å². The summed E-state index contributed by atoms with van der Waals surface area (Å²) < 4.78 is 4.95. The number of hydrogen-bond donors (Lipinski definition) is 3. The lowest BCUT2D eigenvalue weighted by molar-refractivity contribution is -0.131. The summed E-state index contributed by atoms with van der Waals surface area (Å²) in [5.41, 5.74) is 1.87. The molecular weight excluding hydrogens is 236 g/mol. The highest BCUT2D eigenvalue weighted by molar-refractivity contribution is 5.80. The summed E-state index contributed by atoms with van der Waals surface area (Å²) in [5.74, 6) is -1.52. The molecule has 1 unspecified atom stereocenters. The van der Waals surface area contributed by atoms with Crippen LogP contribution < -0.4 is 11.1 Å². The molecule has 0 aliphatic heterocycles. The maximum Gasteiger partial charge on any atom is 0.417 e. The molecule has 0 saturated carbocycles. The lowest BCUT2D eigenvalue weighted by Gasteiger charge is -2.11. The van der Waals surface area contributed by atoms with Crippen molar-refractivity contribution in [3.05, 3.63) is 46.5 Å². The lowest BCUT2D eigenvalue weighted by Crippen LogP contribution is -2.14. The fourth-order valence-corrected chi connectivity index (χ4v) is 1.71. The van der Waals surface area contributed by atoms with Gasteiger partial charge in [-0.05, 0) is 24.7 Å². The highest BCUT2D eigenvalue weighted by Gasteiger charge is 2.09. The first kappa shape index (κ1) is 12.1. The molecule has 0 amide bonds. The molecule has 0 aliphatic carbocycles. The predicted molar refractivity (Wildman–Crippen MR) is 65.4 cm³/mol. The quantitative estimate of drug-likeness (QED) is 0.702. The van der Waals surface area contributed by atoms with Gasteiger partial charge in [0.15, 0.2) is 5.58 Å². The van der Waals surface area contributed by atoms with Crippen LogP contribution in [0.2, 0.25) is 0 Å². The minimum atomic E-state index is -1.01. The summed E-state index contributed by atoms with van der Waals surface area (Å²) in [6.45, 7) is 0. The van der Waals surface area contributed by atoms with E-state index in [1.165, 1.54) is 6.08 Å². The van der Waals surface area contributed by atoms with Crippen LogP contribution in [0.5, 0.6) is 0 Å². The minimum Gasteiger partial charge on any atom is -0.478 e. The van der Waals surface area contributed by atoms with Crippen LogP contribution in [0, 0.1) is 0 Å². The molecule has 1 aromatic heterocycles. The maximum absolute atomic E-state index is 11.0. The van der Waals surface area contributed by atoms with Crippen LogP contribution >= 0.6 is 0 Å². The topological polar surface area (TPSA) is 95.3 Å². The first-order valence-electron chi connectivity index (χ1n) is 5.31. The van der Waals surface area contributed by atoms with E-state index in [1.54, 1.807) is 25.2 Å². The number of benzene rings is 1. The average Bonchev–Trinajstić information content (AvgIpc) is 2.68. The molecule has 18 heavy (non-hydrogen) atoms. The van der Waals surface area contributed by atoms with E-state index in [-0.39, 0.29) is 6.04 Å². The number of likely N-dealkylation sites (N-methyl/N-ethyl adjacent to an activating group) is 1. The first-order chi connectivity index (χ1) is 8.60. The lowest BCUT2D eigenvalue weighted by atomic mass is 10.1. The third kappa shape index (κ3) is 2.49. The number of fused-ring (bicyclic) bond motifs is 1. The zero-order valence-electron chi connectivity index (χ0n) is 9.64. The molecule has 0 fully saturated rings. The maximum atomic E-state index is 11.0. The number of carbonyl (C=O) groups is 1. The Labute approximate surface area is 102 Å². The molecule has 1 atom stereocenters. The number of hydrogen-bond acceptors (Lipinski definition) is 4. The van der Waals surface area contributed by atoms with Crippen molar-refractivity contribution in [1.82, 2.24) is 10.3 Å². The van der Waals surface area contributed by atoms with Crippen LogP contribution in [0.25, 0.3) is 11.1 Å². The first-order valence-corrected chi connectivity index (χ1v) is 5.31. The van der Waals surface area contributed by atoms with Gasteiger partial charge in [0.1, 0.15) is 0 Å². The van der Waals surface area contributed by atoms with Gasteiger partial charge in [-0.3, -0.25) is 4.98 Å². The molecular formula is C12H12N2O4. The molecule has 2 rings (SSSR count). The number of oxazole rings is 1. The molecule has 0 bridgehead atoms. The summed E-state index contributed by atoms with van der Waals surface area (Å²) in [5, 5.41) is 11.6.